The van der Waals surface area contributed by atoms with Gasteiger partial charge in [0.1, 0.15) is 10.4 Å². The second kappa shape index (κ2) is 8.75. The van der Waals surface area contributed by atoms with Crippen molar-refractivity contribution in [2.45, 2.75) is 13.3 Å². The van der Waals surface area contributed by atoms with Gasteiger partial charge in [0.05, 0.1) is 5.52 Å². The fourth-order valence-corrected chi connectivity index (χ4v) is 3.47. The monoisotopic (exact) mass is 420 g/mol. The molecule has 0 unspecified atom stereocenters. The summed E-state index contributed by atoms with van der Waals surface area (Å²) in [5, 5.41) is 12.1. The van der Waals surface area contributed by atoms with E-state index in [1.54, 1.807) is 22.9 Å². The van der Waals surface area contributed by atoms with Crippen LogP contribution in [0.3, 0.4) is 0 Å². The Morgan fingerprint density at radius 1 is 1.27 bits per heavy atom. The van der Waals surface area contributed by atoms with Gasteiger partial charge >= 0.3 is 0 Å². The molecule has 0 aliphatic heterocycles. The number of thiophene rings is 1. The standard InChI is InChI=1S/C21H20N6O2S/c1-3-4-8-18(28)22-14-6-5-7-15(13-14)29-20-19-16(10-12-30-19)23-21(25-20)24-17-9-11-27(2)26-17/h4-13H,3H2,1-2H3,(H,22,28)(H,23,24,25,26)/b8-4+. The van der Waals surface area contributed by atoms with Crippen LogP contribution in [-0.4, -0.2) is 25.7 Å². The number of ether oxygens (including phenoxy) is 1. The van der Waals surface area contributed by atoms with Gasteiger partial charge in [0, 0.05) is 31.1 Å². The van der Waals surface area contributed by atoms with E-state index >= 15 is 0 Å². The predicted molar refractivity (Wildman–Crippen MR) is 118 cm³/mol. The molecule has 1 aromatic carbocycles. The van der Waals surface area contributed by atoms with E-state index in [2.05, 4.69) is 25.7 Å². The lowest BCUT2D eigenvalue weighted by atomic mass is 10.3. The minimum atomic E-state index is -0.182. The highest BCUT2D eigenvalue weighted by Crippen LogP contribution is 2.33. The van der Waals surface area contributed by atoms with Gasteiger partial charge in [-0.15, -0.1) is 11.3 Å². The number of anilines is 3. The summed E-state index contributed by atoms with van der Waals surface area (Å²) in [6.45, 7) is 1.97. The maximum absolute atomic E-state index is 11.9. The molecule has 2 N–H and O–H groups in total. The van der Waals surface area contributed by atoms with Gasteiger partial charge in [0.15, 0.2) is 5.82 Å². The van der Waals surface area contributed by atoms with Crippen molar-refractivity contribution in [1.29, 1.82) is 0 Å². The molecule has 4 rings (SSSR count). The van der Waals surface area contributed by atoms with Crippen LogP contribution in [0.1, 0.15) is 13.3 Å². The highest BCUT2D eigenvalue weighted by molar-refractivity contribution is 7.17. The first-order valence-corrected chi connectivity index (χ1v) is 10.3. The molecule has 0 fully saturated rings. The SMILES string of the molecule is CC/C=C/C(=O)Nc1cccc(Oc2nc(Nc3ccn(C)n3)nc3ccsc23)c1. The maximum atomic E-state index is 11.9. The zero-order chi connectivity index (χ0) is 20.9. The van der Waals surface area contributed by atoms with Crippen LogP contribution in [0.4, 0.5) is 17.5 Å². The molecular weight excluding hydrogens is 400 g/mol. The fraction of sp³-hybridized carbons (Fsp3) is 0.143. The van der Waals surface area contributed by atoms with Crippen LogP contribution in [0.2, 0.25) is 0 Å². The van der Waals surface area contributed by atoms with E-state index in [1.807, 2.05) is 49.8 Å². The number of amides is 1. The number of carbonyl (C=O) groups is 1. The molecule has 8 nitrogen and oxygen atoms in total. The number of aryl methyl sites for hydroxylation is 1. The first kappa shape index (κ1) is 19.6. The highest BCUT2D eigenvalue weighted by atomic mass is 32.1. The average molecular weight is 420 g/mol. The molecule has 0 radical (unpaired) electrons. The van der Waals surface area contributed by atoms with Gasteiger partial charge in [-0.25, -0.2) is 4.98 Å². The summed E-state index contributed by atoms with van der Waals surface area (Å²) < 4.78 is 8.59. The van der Waals surface area contributed by atoms with E-state index < -0.39 is 0 Å². The number of nitrogens with one attached hydrogen (secondary N) is 2. The number of hydrogen-bond donors (Lipinski definition) is 2. The molecule has 0 saturated carbocycles. The molecule has 3 aromatic heterocycles. The fourth-order valence-electron chi connectivity index (χ4n) is 2.72. The van der Waals surface area contributed by atoms with Crippen molar-refractivity contribution in [3.63, 3.8) is 0 Å². The Bertz CT molecular complexity index is 1210. The molecule has 9 heteroatoms. The smallest absolute Gasteiger partial charge is 0.248 e. The number of nitrogens with zero attached hydrogens (tertiary/aromatic N) is 4. The lowest BCUT2D eigenvalue weighted by Crippen LogP contribution is -2.07. The Balaban J connectivity index is 1.59. The van der Waals surface area contributed by atoms with Gasteiger partial charge < -0.3 is 15.4 Å². The summed E-state index contributed by atoms with van der Waals surface area (Å²) in [6, 6.07) is 10.9. The van der Waals surface area contributed by atoms with Gasteiger partial charge in [-0.1, -0.05) is 19.1 Å². The molecule has 1 amide bonds. The van der Waals surface area contributed by atoms with E-state index in [4.69, 9.17) is 4.74 Å². The summed E-state index contributed by atoms with van der Waals surface area (Å²) in [5.74, 6) is 1.84. The van der Waals surface area contributed by atoms with Crippen molar-refractivity contribution >= 4 is 44.9 Å². The van der Waals surface area contributed by atoms with Gasteiger partial charge in [-0.05, 0) is 36.1 Å². The largest absolute Gasteiger partial charge is 0.437 e. The number of carbonyl (C=O) groups excluding carboxylic acids is 1. The van der Waals surface area contributed by atoms with Gasteiger partial charge in [0.2, 0.25) is 17.7 Å². The van der Waals surface area contributed by atoms with E-state index in [9.17, 15) is 4.79 Å². The number of aromatic nitrogens is 4. The number of rotatable bonds is 7. The Hall–Kier alpha value is -3.72. The minimum absolute atomic E-state index is 0.182. The molecule has 0 aliphatic carbocycles. The van der Waals surface area contributed by atoms with Crippen molar-refractivity contribution < 1.29 is 9.53 Å². The molecule has 0 atom stereocenters. The molecule has 4 aromatic rings. The van der Waals surface area contributed by atoms with Crippen LogP contribution in [0, 0.1) is 0 Å². The predicted octanol–water partition coefficient (Wildman–Crippen LogP) is 4.87. The first-order chi connectivity index (χ1) is 14.6. The van der Waals surface area contributed by atoms with Crippen molar-refractivity contribution in [2.24, 2.45) is 7.05 Å². The number of allylic oxidation sites excluding steroid dienone is 1. The van der Waals surface area contributed by atoms with Crippen molar-refractivity contribution in [1.82, 2.24) is 19.7 Å². The van der Waals surface area contributed by atoms with Crippen LogP contribution in [0.25, 0.3) is 10.2 Å². The zero-order valence-electron chi connectivity index (χ0n) is 16.5. The molecule has 0 spiro atoms. The summed E-state index contributed by atoms with van der Waals surface area (Å²) in [7, 11) is 1.84. The molecule has 3 heterocycles. The topological polar surface area (TPSA) is 94.0 Å². The molecule has 30 heavy (non-hydrogen) atoms. The van der Waals surface area contributed by atoms with Crippen LogP contribution >= 0.6 is 11.3 Å². The summed E-state index contributed by atoms with van der Waals surface area (Å²) in [6.07, 6.45) is 5.96. The van der Waals surface area contributed by atoms with Crippen LogP contribution in [-0.2, 0) is 11.8 Å². The lowest BCUT2D eigenvalue weighted by molar-refractivity contribution is -0.111. The summed E-state index contributed by atoms with van der Waals surface area (Å²) >= 11 is 1.50. The van der Waals surface area contributed by atoms with E-state index in [-0.39, 0.29) is 5.91 Å². The van der Waals surface area contributed by atoms with E-state index in [1.165, 1.54) is 17.4 Å². The first-order valence-electron chi connectivity index (χ1n) is 9.38. The molecular formula is C21H20N6O2S. The van der Waals surface area contributed by atoms with Crippen LogP contribution in [0.15, 0.2) is 60.1 Å². The summed E-state index contributed by atoms with van der Waals surface area (Å²) in [4.78, 5) is 21.0. The Morgan fingerprint density at radius 3 is 2.97 bits per heavy atom. The van der Waals surface area contributed by atoms with Gasteiger partial charge in [-0.2, -0.15) is 10.1 Å². The second-order valence-electron chi connectivity index (χ2n) is 6.42. The van der Waals surface area contributed by atoms with Crippen molar-refractivity contribution in [3.8, 4) is 11.6 Å². The third kappa shape index (κ3) is 4.64. The zero-order valence-corrected chi connectivity index (χ0v) is 17.3. The van der Waals surface area contributed by atoms with Crippen LogP contribution in [0.5, 0.6) is 11.6 Å². The van der Waals surface area contributed by atoms with Crippen molar-refractivity contribution in [3.05, 3.63) is 60.1 Å². The van der Waals surface area contributed by atoms with Crippen molar-refractivity contribution in [2.75, 3.05) is 10.6 Å². The highest BCUT2D eigenvalue weighted by Gasteiger charge is 2.13. The van der Waals surface area contributed by atoms with Crippen LogP contribution < -0.4 is 15.4 Å². The number of benzene rings is 1. The lowest BCUT2D eigenvalue weighted by Gasteiger charge is -2.10. The maximum Gasteiger partial charge on any atom is 0.248 e. The second-order valence-corrected chi connectivity index (χ2v) is 7.33. The quantitative estimate of drug-likeness (QED) is 0.415. The number of hydrogen-bond acceptors (Lipinski definition) is 7. The third-order valence-corrected chi connectivity index (χ3v) is 4.94. The third-order valence-electron chi connectivity index (χ3n) is 4.05. The Labute approximate surface area is 177 Å². The number of fused-ring (bicyclic) bond motifs is 1. The van der Waals surface area contributed by atoms with Gasteiger partial charge in [0.25, 0.3) is 0 Å². The normalized spacial score (nSPS) is 11.1. The molecule has 0 saturated heterocycles. The van der Waals surface area contributed by atoms with E-state index in [0.717, 1.165) is 16.6 Å². The Kier molecular flexibility index (Phi) is 5.71. The summed E-state index contributed by atoms with van der Waals surface area (Å²) in [5.41, 5.74) is 1.42. The minimum Gasteiger partial charge on any atom is -0.437 e. The molecule has 0 bridgehead atoms. The van der Waals surface area contributed by atoms with E-state index in [0.29, 0.717) is 29.1 Å². The van der Waals surface area contributed by atoms with Gasteiger partial charge in [-0.3, -0.25) is 9.48 Å². The molecule has 0 aliphatic rings. The Morgan fingerprint density at radius 2 is 2.17 bits per heavy atom. The average Bonchev–Trinajstić information content (AvgIpc) is 3.35. The molecule has 152 valence electrons.